The third-order valence-corrected chi connectivity index (χ3v) is 8.63. The number of esters is 2. The first-order chi connectivity index (χ1) is 14.5. The number of hydrogen-bond acceptors (Lipinski definition) is 6. The molecule has 4 rings (SSSR count). The first kappa shape index (κ1) is 22.0. The number of carbonyl (C=O) groups excluding carboxylic acids is 4. The predicted molar refractivity (Wildman–Crippen MR) is 113 cm³/mol. The molecule has 0 bridgehead atoms. The van der Waals surface area contributed by atoms with Crippen LogP contribution in [0.3, 0.4) is 0 Å². The smallest absolute Gasteiger partial charge is 0.303 e. The van der Waals surface area contributed by atoms with Gasteiger partial charge in [0, 0.05) is 31.1 Å². The van der Waals surface area contributed by atoms with Crippen LogP contribution in [-0.4, -0.2) is 35.7 Å². The van der Waals surface area contributed by atoms with Gasteiger partial charge in [0.25, 0.3) is 0 Å². The number of Topliss-reactive ketones (excluding diaryl/α,β-unsaturated/α-hetero) is 1. The highest BCUT2D eigenvalue weighted by Gasteiger charge is 2.67. The molecular formula is C25H32O6. The van der Waals surface area contributed by atoms with Crippen LogP contribution in [-0.2, 0) is 28.7 Å². The quantitative estimate of drug-likeness (QED) is 0.499. The summed E-state index contributed by atoms with van der Waals surface area (Å²) >= 11 is 0. The Morgan fingerprint density at radius 1 is 1.06 bits per heavy atom. The number of ketones is 2. The zero-order chi connectivity index (χ0) is 22.6. The molecule has 4 aliphatic rings. The molecule has 0 aliphatic heterocycles. The summed E-state index contributed by atoms with van der Waals surface area (Å²) in [6.45, 7) is 6.54. The van der Waals surface area contributed by atoms with Gasteiger partial charge >= 0.3 is 11.9 Å². The van der Waals surface area contributed by atoms with Gasteiger partial charge in [-0.15, -0.1) is 0 Å². The number of hydrogen-bond donors (Lipinski definition) is 0. The minimum Gasteiger partial charge on any atom is -0.458 e. The van der Waals surface area contributed by atoms with Crippen LogP contribution >= 0.6 is 0 Å². The summed E-state index contributed by atoms with van der Waals surface area (Å²) < 4.78 is 10.8. The number of fused-ring (bicyclic) bond motifs is 5. The number of ether oxygens (including phenoxy) is 2. The van der Waals surface area contributed by atoms with E-state index in [1.165, 1.54) is 25.0 Å². The minimum atomic E-state index is -1.28. The second-order valence-electron chi connectivity index (χ2n) is 10.2. The van der Waals surface area contributed by atoms with E-state index in [4.69, 9.17) is 9.47 Å². The summed E-state index contributed by atoms with van der Waals surface area (Å²) in [7, 11) is 0. The molecule has 0 unspecified atom stereocenters. The molecule has 4 aliphatic carbocycles. The predicted octanol–water partition coefficient (Wildman–Crippen LogP) is 3.87. The largest absolute Gasteiger partial charge is 0.458 e. The molecule has 0 aromatic heterocycles. The highest BCUT2D eigenvalue weighted by atomic mass is 16.6. The maximum absolute atomic E-state index is 13.3. The first-order valence-electron chi connectivity index (χ1n) is 11.3. The molecule has 0 saturated heterocycles. The Kier molecular flexibility index (Phi) is 5.26. The van der Waals surface area contributed by atoms with Gasteiger partial charge in [0.2, 0.25) is 5.78 Å². The van der Waals surface area contributed by atoms with Crippen LogP contribution in [0, 0.1) is 22.7 Å². The topological polar surface area (TPSA) is 86.7 Å². The maximum atomic E-state index is 13.3. The molecule has 6 heteroatoms. The highest BCUT2D eigenvalue weighted by molar-refractivity contribution is 5.93. The van der Waals surface area contributed by atoms with Crippen molar-refractivity contribution >= 4 is 23.5 Å². The summed E-state index contributed by atoms with van der Waals surface area (Å²) in [5.41, 5.74) is 0.718. The lowest BCUT2D eigenvalue weighted by molar-refractivity contribution is -0.184. The zero-order valence-electron chi connectivity index (χ0n) is 18.9. The van der Waals surface area contributed by atoms with Gasteiger partial charge in [0.15, 0.2) is 18.0 Å². The molecule has 5 atom stereocenters. The molecule has 2 fully saturated rings. The lowest BCUT2D eigenvalue weighted by atomic mass is 9.50. The van der Waals surface area contributed by atoms with E-state index in [-0.39, 0.29) is 29.5 Å². The van der Waals surface area contributed by atoms with Gasteiger partial charge in [-0.25, -0.2) is 0 Å². The average Bonchev–Trinajstić information content (AvgIpc) is 2.99. The van der Waals surface area contributed by atoms with Crippen LogP contribution in [0.2, 0.25) is 0 Å². The van der Waals surface area contributed by atoms with Crippen LogP contribution in [0.15, 0.2) is 23.3 Å². The van der Waals surface area contributed by atoms with Gasteiger partial charge < -0.3 is 9.47 Å². The molecule has 168 valence electrons. The van der Waals surface area contributed by atoms with Crippen LogP contribution in [0.5, 0.6) is 0 Å². The van der Waals surface area contributed by atoms with Crippen molar-refractivity contribution in [3.05, 3.63) is 23.3 Å². The third kappa shape index (κ3) is 3.21. The molecule has 0 heterocycles. The summed E-state index contributed by atoms with van der Waals surface area (Å²) in [6, 6.07) is 0. The van der Waals surface area contributed by atoms with Crippen molar-refractivity contribution in [3.63, 3.8) is 0 Å². The Balaban J connectivity index is 1.73. The summed E-state index contributed by atoms with van der Waals surface area (Å²) in [5.74, 6) is -0.622. The molecule has 6 nitrogen and oxygen atoms in total. The van der Waals surface area contributed by atoms with Crippen molar-refractivity contribution in [2.75, 3.05) is 6.61 Å². The highest BCUT2D eigenvalue weighted by Crippen LogP contribution is 2.66. The minimum absolute atomic E-state index is 0.0907. The van der Waals surface area contributed by atoms with Crippen molar-refractivity contribution in [1.29, 1.82) is 0 Å². The van der Waals surface area contributed by atoms with Crippen molar-refractivity contribution < 1.29 is 28.7 Å². The SMILES string of the molecule is CC(=O)OCC(=O)[C@@]1(OC(C)=O)CC[C@@H]2[C@@H]3CCC4=CC(=O)CC[C@@]4(C)C3=CC[C@]21C. The molecule has 0 aromatic rings. The fourth-order valence-corrected chi connectivity index (χ4v) is 7.06. The number of rotatable bonds is 4. The van der Waals surface area contributed by atoms with Crippen LogP contribution < -0.4 is 0 Å². The van der Waals surface area contributed by atoms with Gasteiger partial charge in [-0.2, -0.15) is 0 Å². The van der Waals surface area contributed by atoms with Gasteiger partial charge in [-0.1, -0.05) is 31.1 Å². The van der Waals surface area contributed by atoms with E-state index in [0.717, 1.165) is 25.7 Å². The summed E-state index contributed by atoms with van der Waals surface area (Å²) in [4.78, 5) is 48.7. The van der Waals surface area contributed by atoms with Crippen molar-refractivity contribution in [1.82, 2.24) is 0 Å². The molecule has 0 N–H and O–H groups in total. The Morgan fingerprint density at radius 3 is 2.48 bits per heavy atom. The average molecular weight is 429 g/mol. The molecule has 0 radical (unpaired) electrons. The zero-order valence-corrected chi connectivity index (χ0v) is 18.9. The summed E-state index contributed by atoms with van der Waals surface area (Å²) in [5, 5.41) is 0. The lowest BCUT2D eigenvalue weighted by Crippen LogP contribution is -2.57. The molecule has 2 saturated carbocycles. The molecule has 0 spiro atoms. The molecule has 0 aromatic carbocycles. The third-order valence-electron chi connectivity index (χ3n) is 8.63. The Morgan fingerprint density at radius 2 is 1.81 bits per heavy atom. The van der Waals surface area contributed by atoms with Crippen LogP contribution in [0.4, 0.5) is 0 Å². The number of carbonyl (C=O) groups is 4. The van der Waals surface area contributed by atoms with Crippen molar-refractivity contribution in [2.45, 2.75) is 78.2 Å². The second-order valence-corrected chi connectivity index (χ2v) is 10.2. The van der Waals surface area contributed by atoms with E-state index in [9.17, 15) is 19.2 Å². The van der Waals surface area contributed by atoms with Crippen molar-refractivity contribution in [2.24, 2.45) is 22.7 Å². The lowest BCUT2D eigenvalue weighted by Gasteiger charge is -2.55. The Hall–Kier alpha value is -2.24. The van der Waals surface area contributed by atoms with E-state index in [0.29, 0.717) is 25.2 Å². The standard InChI is InChI=1S/C25H32O6/c1-15(26)30-14-22(29)25(31-16(2)27)12-9-21-19-6-5-17-13-18(28)7-10-23(17,3)20(19)8-11-24(21,25)4/h8,13,19,21H,5-7,9-12,14H2,1-4H3/t19-,21-,23-,24-,25+/m1/s1. The van der Waals surface area contributed by atoms with Gasteiger partial charge in [0.05, 0.1) is 0 Å². The van der Waals surface area contributed by atoms with Gasteiger partial charge in [-0.05, 0) is 56.4 Å². The monoisotopic (exact) mass is 428 g/mol. The van der Waals surface area contributed by atoms with Gasteiger partial charge in [0.1, 0.15) is 0 Å². The molecular weight excluding hydrogens is 396 g/mol. The van der Waals surface area contributed by atoms with E-state index < -0.39 is 23.0 Å². The maximum Gasteiger partial charge on any atom is 0.303 e. The van der Waals surface area contributed by atoms with Crippen LogP contribution in [0.25, 0.3) is 0 Å². The van der Waals surface area contributed by atoms with E-state index >= 15 is 0 Å². The van der Waals surface area contributed by atoms with Gasteiger partial charge in [-0.3, -0.25) is 19.2 Å². The van der Waals surface area contributed by atoms with E-state index in [2.05, 4.69) is 19.9 Å². The second kappa shape index (κ2) is 7.42. The fourth-order valence-electron chi connectivity index (χ4n) is 7.06. The fraction of sp³-hybridized carbons (Fsp3) is 0.680. The Labute approximate surface area is 183 Å². The first-order valence-corrected chi connectivity index (χ1v) is 11.3. The number of allylic oxidation sites excluding steroid dienone is 4. The van der Waals surface area contributed by atoms with Crippen LogP contribution in [0.1, 0.15) is 72.6 Å². The molecule has 0 amide bonds. The normalized spacial score (nSPS) is 38.8. The van der Waals surface area contributed by atoms with E-state index in [1.807, 2.05) is 6.08 Å². The van der Waals surface area contributed by atoms with E-state index in [1.54, 1.807) is 0 Å². The molecule has 31 heavy (non-hydrogen) atoms. The Bertz CT molecular complexity index is 913. The van der Waals surface area contributed by atoms with Crippen molar-refractivity contribution in [3.8, 4) is 0 Å². The summed E-state index contributed by atoms with van der Waals surface area (Å²) in [6.07, 6.45) is 9.21.